The maximum Gasteiger partial charge on any atom is 0.225 e. The molecular formula is C11H11NO. The molecule has 0 aromatic rings. The van der Waals surface area contributed by atoms with Gasteiger partial charge in [0.2, 0.25) is 5.91 Å². The van der Waals surface area contributed by atoms with E-state index in [9.17, 15) is 4.79 Å². The molecule has 1 aliphatic heterocycles. The lowest BCUT2D eigenvalue weighted by Crippen LogP contribution is -2.36. The van der Waals surface area contributed by atoms with Crippen molar-refractivity contribution in [1.29, 1.82) is 0 Å². The maximum atomic E-state index is 11.5. The minimum atomic E-state index is 0.118. The van der Waals surface area contributed by atoms with Crippen LogP contribution in [0.3, 0.4) is 0 Å². The predicted octanol–water partition coefficient (Wildman–Crippen LogP) is 1.03. The summed E-state index contributed by atoms with van der Waals surface area (Å²) < 4.78 is 0. The number of allylic oxidation sites excluding steroid dienone is 3. The predicted molar refractivity (Wildman–Crippen MR) is 49.8 cm³/mol. The molecule has 4 atom stereocenters. The Labute approximate surface area is 77.0 Å². The minimum Gasteiger partial charge on any atom is -0.349 e. The number of piperidine rings is 1. The van der Waals surface area contributed by atoms with Crippen molar-refractivity contribution in [3.05, 3.63) is 36.5 Å². The topological polar surface area (TPSA) is 29.1 Å². The highest BCUT2D eigenvalue weighted by Crippen LogP contribution is 2.47. The molecular weight excluding hydrogens is 162 g/mol. The molecule has 0 aromatic heterocycles. The fraction of sp³-hybridized carbons (Fsp3) is 0.364. The van der Waals surface area contributed by atoms with Gasteiger partial charge < -0.3 is 5.32 Å². The molecule has 2 heteroatoms. The molecule has 1 saturated carbocycles. The number of carbonyl (C=O) groups excluding carboxylic acids is 1. The van der Waals surface area contributed by atoms with Gasteiger partial charge in [0, 0.05) is 11.8 Å². The van der Waals surface area contributed by atoms with Gasteiger partial charge in [-0.2, -0.15) is 0 Å². The standard InChI is InChI=1S/C11H11NO/c1-6-7-4-2-3-5-8-9(7)11(13)12-10(6)8/h2-5,7-10H,1H2,(H,12,13)/t7-,8?,9?,10+/m1/s1. The fourth-order valence-corrected chi connectivity index (χ4v) is 2.76. The Morgan fingerprint density at radius 3 is 2.92 bits per heavy atom. The number of carbonyl (C=O) groups is 1. The first-order valence-corrected chi connectivity index (χ1v) is 4.63. The summed E-state index contributed by atoms with van der Waals surface area (Å²) in [6.45, 7) is 4.06. The molecule has 2 unspecified atom stereocenters. The van der Waals surface area contributed by atoms with Crippen molar-refractivity contribution < 1.29 is 4.79 Å². The van der Waals surface area contributed by atoms with Gasteiger partial charge in [-0.15, -0.1) is 0 Å². The monoisotopic (exact) mass is 173 g/mol. The van der Waals surface area contributed by atoms with Gasteiger partial charge in [-0.1, -0.05) is 30.9 Å². The zero-order chi connectivity index (χ0) is 9.00. The molecule has 3 rings (SSSR count). The highest BCUT2D eigenvalue weighted by atomic mass is 16.2. The molecule has 3 aliphatic rings. The van der Waals surface area contributed by atoms with E-state index in [1.165, 1.54) is 5.57 Å². The zero-order valence-electron chi connectivity index (χ0n) is 7.23. The van der Waals surface area contributed by atoms with Crippen LogP contribution in [-0.4, -0.2) is 11.9 Å². The second-order valence-electron chi connectivity index (χ2n) is 3.96. The molecule has 4 bridgehead atoms. The van der Waals surface area contributed by atoms with Gasteiger partial charge in [-0.25, -0.2) is 0 Å². The van der Waals surface area contributed by atoms with Crippen LogP contribution in [0.2, 0.25) is 0 Å². The Hall–Kier alpha value is -1.31. The van der Waals surface area contributed by atoms with Gasteiger partial charge in [0.15, 0.2) is 0 Å². The summed E-state index contributed by atoms with van der Waals surface area (Å²) in [7, 11) is 0. The molecule has 0 aromatic carbocycles. The van der Waals surface area contributed by atoms with E-state index < -0.39 is 0 Å². The van der Waals surface area contributed by atoms with Crippen LogP contribution >= 0.6 is 0 Å². The second-order valence-corrected chi connectivity index (χ2v) is 3.96. The fourth-order valence-electron chi connectivity index (χ4n) is 2.76. The van der Waals surface area contributed by atoms with Crippen LogP contribution in [0.4, 0.5) is 0 Å². The summed E-state index contributed by atoms with van der Waals surface area (Å²) >= 11 is 0. The van der Waals surface area contributed by atoms with E-state index in [1.54, 1.807) is 0 Å². The van der Waals surface area contributed by atoms with Crippen molar-refractivity contribution in [3.8, 4) is 0 Å². The van der Waals surface area contributed by atoms with E-state index >= 15 is 0 Å². The third-order valence-electron chi connectivity index (χ3n) is 3.38. The molecule has 13 heavy (non-hydrogen) atoms. The van der Waals surface area contributed by atoms with Crippen LogP contribution in [0.1, 0.15) is 0 Å². The minimum absolute atomic E-state index is 0.118. The highest BCUT2D eigenvalue weighted by molar-refractivity contribution is 5.86. The molecule has 66 valence electrons. The zero-order valence-corrected chi connectivity index (χ0v) is 7.23. The Morgan fingerprint density at radius 2 is 2.08 bits per heavy atom. The largest absolute Gasteiger partial charge is 0.349 e. The van der Waals surface area contributed by atoms with Gasteiger partial charge >= 0.3 is 0 Å². The number of amides is 1. The number of nitrogens with one attached hydrogen (secondary N) is 1. The lowest BCUT2D eigenvalue weighted by Gasteiger charge is -2.20. The summed E-state index contributed by atoms with van der Waals surface area (Å²) in [6.07, 6.45) is 8.29. The summed E-state index contributed by atoms with van der Waals surface area (Å²) in [5.74, 6) is 0.940. The molecule has 1 N–H and O–H groups in total. The lowest BCUT2D eigenvalue weighted by molar-refractivity contribution is -0.124. The molecule has 2 nitrogen and oxygen atoms in total. The summed E-state index contributed by atoms with van der Waals surface area (Å²) in [6, 6.07) is 0.198. The third-order valence-corrected chi connectivity index (χ3v) is 3.38. The van der Waals surface area contributed by atoms with Crippen molar-refractivity contribution in [1.82, 2.24) is 5.32 Å². The van der Waals surface area contributed by atoms with E-state index in [0.717, 1.165) is 0 Å². The number of rotatable bonds is 0. The van der Waals surface area contributed by atoms with E-state index in [0.29, 0.717) is 5.92 Å². The Balaban J connectivity index is 2.15. The molecule has 1 heterocycles. The van der Waals surface area contributed by atoms with Gasteiger partial charge in [-0.05, 0) is 5.57 Å². The van der Waals surface area contributed by atoms with Crippen LogP contribution in [0.25, 0.3) is 0 Å². The summed E-state index contributed by atoms with van der Waals surface area (Å²) in [4.78, 5) is 11.5. The maximum absolute atomic E-state index is 11.5. The molecule has 1 saturated heterocycles. The van der Waals surface area contributed by atoms with Crippen LogP contribution in [0, 0.1) is 17.8 Å². The van der Waals surface area contributed by atoms with E-state index in [-0.39, 0.29) is 23.8 Å². The highest BCUT2D eigenvalue weighted by Gasteiger charge is 2.53. The smallest absolute Gasteiger partial charge is 0.225 e. The van der Waals surface area contributed by atoms with E-state index in [1.807, 2.05) is 12.2 Å². The number of hydrogen-bond donors (Lipinski definition) is 1. The Bertz CT molecular complexity index is 353. The first-order chi connectivity index (χ1) is 6.29. The lowest BCUT2D eigenvalue weighted by atomic mass is 9.89. The Kier molecular flexibility index (Phi) is 1.17. The van der Waals surface area contributed by atoms with Crippen LogP contribution in [0.15, 0.2) is 36.5 Å². The third kappa shape index (κ3) is 0.711. The normalized spacial score (nSPS) is 45.2. The van der Waals surface area contributed by atoms with Gasteiger partial charge in [-0.3, -0.25) is 4.79 Å². The van der Waals surface area contributed by atoms with Gasteiger partial charge in [0.1, 0.15) is 0 Å². The Morgan fingerprint density at radius 1 is 1.31 bits per heavy atom. The molecule has 2 aliphatic carbocycles. The average molecular weight is 173 g/mol. The first-order valence-electron chi connectivity index (χ1n) is 4.63. The van der Waals surface area contributed by atoms with Crippen LogP contribution in [0.5, 0.6) is 0 Å². The van der Waals surface area contributed by atoms with Crippen LogP contribution in [-0.2, 0) is 4.79 Å². The molecule has 0 spiro atoms. The van der Waals surface area contributed by atoms with Gasteiger partial charge in [0.25, 0.3) is 0 Å². The first kappa shape index (κ1) is 7.13. The number of hydrogen-bond acceptors (Lipinski definition) is 1. The van der Waals surface area contributed by atoms with Gasteiger partial charge in [0.05, 0.1) is 12.0 Å². The second kappa shape index (κ2) is 2.13. The van der Waals surface area contributed by atoms with Crippen molar-refractivity contribution in [2.24, 2.45) is 17.8 Å². The molecule has 2 fully saturated rings. The quantitative estimate of drug-likeness (QED) is 0.545. The SMILES string of the molecule is C=C1[C@H]2C=CC=CC3C2C(=O)N[C@@H]13. The summed E-state index contributed by atoms with van der Waals surface area (Å²) in [5.41, 5.74) is 1.18. The van der Waals surface area contributed by atoms with E-state index in [4.69, 9.17) is 0 Å². The molecule has 0 radical (unpaired) electrons. The van der Waals surface area contributed by atoms with E-state index in [2.05, 4.69) is 24.0 Å². The van der Waals surface area contributed by atoms with Crippen molar-refractivity contribution in [2.45, 2.75) is 6.04 Å². The van der Waals surface area contributed by atoms with Crippen molar-refractivity contribution in [2.75, 3.05) is 0 Å². The van der Waals surface area contributed by atoms with Crippen molar-refractivity contribution >= 4 is 5.91 Å². The average Bonchev–Trinajstić information content (AvgIpc) is 2.45. The van der Waals surface area contributed by atoms with Crippen molar-refractivity contribution in [3.63, 3.8) is 0 Å². The molecule has 1 amide bonds. The summed E-state index contributed by atoms with van der Waals surface area (Å²) in [5, 5.41) is 2.98. The van der Waals surface area contributed by atoms with Crippen LogP contribution < -0.4 is 5.32 Å².